The van der Waals surface area contributed by atoms with Gasteiger partial charge in [0.2, 0.25) is 0 Å². The van der Waals surface area contributed by atoms with Crippen LogP contribution in [0.4, 0.5) is 0 Å². The van der Waals surface area contributed by atoms with E-state index in [9.17, 15) is 4.79 Å². The Morgan fingerprint density at radius 1 is 1.53 bits per heavy atom. The molecule has 1 aromatic heterocycles. The van der Waals surface area contributed by atoms with Gasteiger partial charge in [-0.2, -0.15) is 0 Å². The lowest BCUT2D eigenvalue weighted by Crippen LogP contribution is -2.21. The monoisotopic (exact) mass is 280 g/mol. The second-order valence-electron chi connectivity index (χ2n) is 5.18. The van der Waals surface area contributed by atoms with Crippen LogP contribution in [0.15, 0.2) is 18.2 Å². The van der Waals surface area contributed by atoms with E-state index in [4.69, 9.17) is 9.84 Å². The van der Waals surface area contributed by atoms with Crippen LogP contribution in [0.2, 0.25) is 0 Å². The van der Waals surface area contributed by atoms with Crippen molar-refractivity contribution >= 4 is 23.4 Å². The van der Waals surface area contributed by atoms with Gasteiger partial charge in [-0.3, -0.25) is 0 Å². The second kappa shape index (κ2) is 6.87. The Morgan fingerprint density at radius 3 is 3.11 bits per heavy atom. The summed E-state index contributed by atoms with van der Waals surface area (Å²) in [5.74, 6) is -0.140. The molecule has 2 rings (SSSR count). The van der Waals surface area contributed by atoms with E-state index < -0.39 is 5.97 Å². The van der Waals surface area contributed by atoms with Crippen molar-refractivity contribution in [2.24, 2.45) is 5.92 Å². The van der Waals surface area contributed by atoms with Crippen molar-refractivity contribution in [3.8, 4) is 0 Å². The number of carboxylic acids is 1. The SMILES string of the molecule is CC1CCCC(OCc2ccc(C=CC(=O)O)s2)C1. The summed E-state index contributed by atoms with van der Waals surface area (Å²) in [4.78, 5) is 12.5. The smallest absolute Gasteiger partial charge is 0.328 e. The molecule has 1 N–H and O–H groups in total. The van der Waals surface area contributed by atoms with Gasteiger partial charge in [-0.15, -0.1) is 11.3 Å². The highest BCUT2D eigenvalue weighted by atomic mass is 32.1. The minimum absolute atomic E-state index is 0.392. The van der Waals surface area contributed by atoms with Gasteiger partial charge in [0.05, 0.1) is 12.7 Å². The zero-order chi connectivity index (χ0) is 13.7. The lowest BCUT2D eigenvalue weighted by molar-refractivity contribution is -0.131. The molecular formula is C15H20O3S. The number of rotatable bonds is 5. The number of carboxylic acid groups (broad SMARTS) is 1. The number of thiophene rings is 1. The van der Waals surface area contributed by atoms with Gasteiger partial charge in [0.25, 0.3) is 0 Å². The highest BCUT2D eigenvalue weighted by Gasteiger charge is 2.19. The standard InChI is InChI=1S/C15H20O3S/c1-11-3-2-4-12(9-11)18-10-14-6-5-13(19-14)7-8-15(16)17/h5-8,11-12H,2-4,9-10H2,1H3,(H,16,17). The normalized spacial score (nSPS) is 23.8. The highest BCUT2D eigenvalue weighted by molar-refractivity contribution is 7.12. The number of hydrogen-bond donors (Lipinski definition) is 1. The van der Waals surface area contributed by atoms with Crippen LogP contribution in [0.25, 0.3) is 6.08 Å². The third-order valence-corrected chi connectivity index (χ3v) is 4.45. The molecule has 2 atom stereocenters. The number of hydrogen-bond acceptors (Lipinski definition) is 3. The van der Waals surface area contributed by atoms with Gasteiger partial charge in [0.1, 0.15) is 0 Å². The summed E-state index contributed by atoms with van der Waals surface area (Å²) in [7, 11) is 0. The van der Waals surface area contributed by atoms with Crippen LogP contribution in [-0.4, -0.2) is 17.2 Å². The first-order valence-electron chi connectivity index (χ1n) is 6.75. The predicted octanol–water partition coefficient (Wildman–Crippen LogP) is 3.94. The Kier molecular flexibility index (Phi) is 5.16. The van der Waals surface area contributed by atoms with Crippen LogP contribution >= 0.6 is 11.3 Å². The Labute approximate surface area is 117 Å². The molecule has 1 aromatic rings. The van der Waals surface area contributed by atoms with Crippen LogP contribution < -0.4 is 0 Å². The maximum atomic E-state index is 10.4. The van der Waals surface area contributed by atoms with E-state index in [1.165, 1.54) is 25.3 Å². The lowest BCUT2D eigenvalue weighted by atomic mass is 9.89. The van der Waals surface area contributed by atoms with Crippen molar-refractivity contribution in [1.29, 1.82) is 0 Å². The molecule has 2 unspecified atom stereocenters. The Balaban J connectivity index is 1.81. The quantitative estimate of drug-likeness (QED) is 0.831. The van der Waals surface area contributed by atoms with E-state index in [1.54, 1.807) is 17.4 Å². The summed E-state index contributed by atoms with van der Waals surface area (Å²) < 4.78 is 5.95. The minimum atomic E-state index is -0.914. The van der Waals surface area contributed by atoms with Crippen molar-refractivity contribution in [3.63, 3.8) is 0 Å². The van der Waals surface area contributed by atoms with Crippen LogP contribution in [0.5, 0.6) is 0 Å². The molecule has 0 bridgehead atoms. The van der Waals surface area contributed by atoms with Gasteiger partial charge in [-0.25, -0.2) is 4.79 Å². The van der Waals surface area contributed by atoms with E-state index in [0.29, 0.717) is 12.7 Å². The molecule has 1 aliphatic rings. The molecule has 0 amide bonds. The van der Waals surface area contributed by atoms with Crippen molar-refractivity contribution in [3.05, 3.63) is 28.0 Å². The van der Waals surface area contributed by atoms with Crippen LogP contribution in [0.1, 0.15) is 42.4 Å². The highest BCUT2D eigenvalue weighted by Crippen LogP contribution is 2.27. The van der Waals surface area contributed by atoms with Crippen molar-refractivity contribution < 1.29 is 14.6 Å². The van der Waals surface area contributed by atoms with Crippen LogP contribution in [0, 0.1) is 5.92 Å². The van der Waals surface area contributed by atoms with E-state index in [0.717, 1.165) is 22.1 Å². The maximum absolute atomic E-state index is 10.4. The largest absolute Gasteiger partial charge is 0.478 e. The fraction of sp³-hybridized carbons (Fsp3) is 0.533. The van der Waals surface area contributed by atoms with Gasteiger partial charge in [0, 0.05) is 15.8 Å². The summed E-state index contributed by atoms with van der Waals surface area (Å²) >= 11 is 1.59. The molecule has 1 fully saturated rings. The van der Waals surface area contributed by atoms with E-state index in [-0.39, 0.29) is 0 Å². The van der Waals surface area contributed by atoms with Crippen molar-refractivity contribution in [1.82, 2.24) is 0 Å². The molecule has 4 heteroatoms. The first-order chi connectivity index (χ1) is 9.13. The van der Waals surface area contributed by atoms with E-state index in [2.05, 4.69) is 6.92 Å². The lowest BCUT2D eigenvalue weighted by Gasteiger charge is -2.26. The molecular weight excluding hydrogens is 260 g/mol. The number of ether oxygens (including phenoxy) is 1. The zero-order valence-corrected chi connectivity index (χ0v) is 12.0. The van der Waals surface area contributed by atoms with Gasteiger partial charge in [-0.05, 0) is 37.0 Å². The molecule has 0 saturated heterocycles. The van der Waals surface area contributed by atoms with Crippen molar-refractivity contribution in [2.45, 2.75) is 45.3 Å². The molecule has 104 valence electrons. The summed E-state index contributed by atoms with van der Waals surface area (Å²) in [5, 5.41) is 8.57. The fourth-order valence-electron chi connectivity index (χ4n) is 2.44. The summed E-state index contributed by atoms with van der Waals surface area (Å²) in [6.07, 6.45) is 8.10. The zero-order valence-electron chi connectivity index (χ0n) is 11.2. The average molecular weight is 280 g/mol. The minimum Gasteiger partial charge on any atom is -0.478 e. The summed E-state index contributed by atoms with van der Waals surface area (Å²) in [6, 6.07) is 3.95. The average Bonchev–Trinajstić information content (AvgIpc) is 2.82. The predicted molar refractivity (Wildman–Crippen MR) is 77.2 cm³/mol. The third-order valence-electron chi connectivity index (χ3n) is 3.42. The number of carbonyl (C=O) groups is 1. The fourth-order valence-corrected chi connectivity index (χ4v) is 3.28. The topological polar surface area (TPSA) is 46.5 Å². The maximum Gasteiger partial charge on any atom is 0.328 e. The molecule has 0 aromatic carbocycles. The van der Waals surface area contributed by atoms with E-state index in [1.807, 2.05) is 12.1 Å². The molecule has 0 aliphatic heterocycles. The first kappa shape index (κ1) is 14.3. The van der Waals surface area contributed by atoms with Gasteiger partial charge >= 0.3 is 5.97 Å². The molecule has 1 saturated carbocycles. The second-order valence-corrected chi connectivity index (χ2v) is 6.38. The molecule has 3 nitrogen and oxygen atoms in total. The number of aliphatic carboxylic acids is 1. The first-order valence-corrected chi connectivity index (χ1v) is 7.56. The molecule has 19 heavy (non-hydrogen) atoms. The Bertz CT molecular complexity index is 450. The Morgan fingerprint density at radius 2 is 2.37 bits per heavy atom. The van der Waals surface area contributed by atoms with Crippen molar-refractivity contribution in [2.75, 3.05) is 0 Å². The summed E-state index contributed by atoms with van der Waals surface area (Å²) in [5.41, 5.74) is 0. The van der Waals surface area contributed by atoms with Gasteiger partial charge in [0.15, 0.2) is 0 Å². The van der Waals surface area contributed by atoms with Gasteiger partial charge in [-0.1, -0.05) is 19.8 Å². The molecule has 0 spiro atoms. The summed E-state index contributed by atoms with van der Waals surface area (Å²) in [6.45, 7) is 2.93. The third kappa shape index (κ3) is 4.80. The van der Waals surface area contributed by atoms with E-state index >= 15 is 0 Å². The molecule has 1 aliphatic carbocycles. The van der Waals surface area contributed by atoms with Crippen LogP contribution in [-0.2, 0) is 16.1 Å². The Hall–Kier alpha value is -1.13. The molecule has 1 heterocycles. The molecule has 0 radical (unpaired) electrons. The van der Waals surface area contributed by atoms with Gasteiger partial charge < -0.3 is 9.84 Å². The van der Waals surface area contributed by atoms with Crippen LogP contribution in [0.3, 0.4) is 0 Å².